The van der Waals surface area contributed by atoms with E-state index < -0.39 is 14.4 Å². The number of nitrogens with zero attached hydrogens (tertiary/aromatic N) is 1. The molecule has 0 amide bonds. The lowest BCUT2D eigenvalue weighted by molar-refractivity contribution is 0.316. The first-order chi connectivity index (χ1) is 5.41. The number of rotatable bonds is 5. The molecule has 1 unspecified atom stereocenters. The van der Waals surface area contributed by atoms with Crippen molar-refractivity contribution < 1.29 is 12.3 Å². The summed E-state index contributed by atoms with van der Waals surface area (Å²) < 4.78 is 31.9. The first-order valence-corrected chi connectivity index (χ1v) is 6.08. The molecule has 0 saturated heterocycles. The van der Waals surface area contributed by atoms with Gasteiger partial charge in [-0.15, -0.1) is 3.89 Å². The Morgan fingerprint density at radius 2 is 1.83 bits per heavy atom. The molecule has 0 radical (unpaired) electrons. The molecule has 3 nitrogen and oxygen atoms in total. The SMILES string of the molecule is CCN(CC)CC(Br)S(=O)(=O)F. The van der Waals surface area contributed by atoms with E-state index in [2.05, 4.69) is 15.9 Å². The maximum absolute atomic E-state index is 12.3. The van der Waals surface area contributed by atoms with Crippen LogP contribution in [0.1, 0.15) is 13.8 Å². The summed E-state index contributed by atoms with van der Waals surface area (Å²) in [5.41, 5.74) is 0. The summed E-state index contributed by atoms with van der Waals surface area (Å²) in [6.45, 7) is 5.41. The lowest BCUT2D eigenvalue weighted by Crippen LogP contribution is -2.32. The summed E-state index contributed by atoms with van der Waals surface area (Å²) in [6.07, 6.45) is 0. The molecule has 0 aliphatic heterocycles. The number of hydrogen-bond donors (Lipinski definition) is 0. The van der Waals surface area contributed by atoms with Crippen LogP contribution >= 0.6 is 15.9 Å². The molecule has 0 fully saturated rings. The largest absolute Gasteiger partial charge is 0.316 e. The maximum atomic E-state index is 12.3. The molecule has 0 spiro atoms. The molecule has 74 valence electrons. The number of halogens is 2. The van der Waals surface area contributed by atoms with Crippen molar-refractivity contribution in [3.8, 4) is 0 Å². The molecule has 0 N–H and O–H groups in total. The van der Waals surface area contributed by atoms with Crippen LogP contribution in [0.3, 0.4) is 0 Å². The third kappa shape index (κ3) is 4.37. The summed E-state index contributed by atoms with van der Waals surface area (Å²) in [5, 5.41) is 0. The molecule has 0 aliphatic carbocycles. The molecule has 0 rings (SSSR count). The van der Waals surface area contributed by atoms with Gasteiger partial charge >= 0.3 is 10.2 Å². The minimum atomic E-state index is -4.44. The monoisotopic (exact) mass is 261 g/mol. The molecule has 0 saturated carbocycles. The van der Waals surface area contributed by atoms with Crippen LogP contribution in [0.4, 0.5) is 3.89 Å². The second-order valence-corrected chi connectivity index (χ2v) is 5.60. The normalized spacial score (nSPS) is 15.1. The van der Waals surface area contributed by atoms with Crippen LogP contribution in [-0.4, -0.2) is 37.1 Å². The Morgan fingerprint density at radius 3 is 2.08 bits per heavy atom. The van der Waals surface area contributed by atoms with E-state index in [0.717, 1.165) is 0 Å². The molecular weight excluding hydrogens is 249 g/mol. The van der Waals surface area contributed by atoms with Crippen LogP contribution in [0, 0.1) is 0 Å². The average Bonchev–Trinajstić information content (AvgIpc) is 1.97. The van der Waals surface area contributed by atoms with E-state index in [1.807, 2.05) is 18.7 Å². The lowest BCUT2D eigenvalue weighted by Gasteiger charge is -2.19. The predicted octanol–water partition coefficient (Wildman–Crippen LogP) is 1.35. The molecule has 0 bridgehead atoms. The highest BCUT2D eigenvalue weighted by atomic mass is 79.9. The van der Waals surface area contributed by atoms with Crippen LogP contribution < -0.4 is 0 Å². The Bertz CT molecular complexity index is 216. The van der Waals surface area contributed by atoms with Gasteiger partial charge in [-0.1, -0.05) is 29.8 Å². The van der Waals surface area contributed by atoms with Crippen molar-refractivity contribution in [1.29, 1.82) is 0 Å². The highest BCUT2D eigenvalue weighted by Crippen LogP contribution is 2.12. The quantitative estimate of drug-likeness (QED) is 0.554. The Hall–Kier alpha value is 0.320. The summed E-state index contributed by atoms with van der Waals surface area (Å²) in [7, 11) is -4.44. The van der Waals surface area contributed by atoms with Gasteiger partial charge in [-0.05, 0) is 13.1 Å². The average molecular weight is 262 g/mol. The van der Waals surface area contributed by atoms with E-state index in [4.69, 9.17) is 0 Å². The van der Waals surface area contributed by atoms with Gasteiger partial charge in [0.05, 0.1) is 0 Å². The maximum Gasteiger partial charge on any atom is 0.316 e. The fraction of sp³-hybridized carbons (Fsp3) is 1.00. The van der Waals surface area contributed by atoms with Crippen LogP contribution in [-0.2, 0) is 10.2 Å². The topological polar surface area (TPSA) is 37.4 Å². The van der Waals surface area contributed by atoms with Gasteiger partial charge in [-0.2, -0.15) is 8.42 Å². The zero-order chi connectivity index (χ0) is 9.78. The van der Waals surface area contributed by atoms with Crippen LogP contribution in [0.5, 0.6) is 0 Å². The van der Waals surface area contributed by atoms with E-state index in [1.54, 1.807) is 0 Å². The third-order valence-electron chi connectivity index (χ3n) is 1.60. The minimum Gasteiger partial charge on any atom is -0.302 e. The van der Waals surface area contributed by atoms with E-state index in [0.29, 0.717) is 13.1 Å². The number of hydrogen-bond acceptors (Lipinski definition) is 3. The van der Waals surface area contributed by atoms with Gasteiger partial charge in [0.15, 0.2) is 4.16 Å². The summed E-state index contributed by atoms with van der Waals surface area (Å²) in [4.78, 5) is 1.83. The van der Waals surface area contributed by atoms with E-state index in [1.165, 1.54) is 0 Å². The second-order valence-electron chi connectivity index (χ2n) is 2.37. The summed E-state index contributed by atoms with van der Waals surface area (Å²) >= 11 is 2.78. The van der Waals surface area contributed by atoms with Crippen molar-refractivity contribution in [2.24, 2.45) is 0 Å². The fourth-order valence-corrected chi connectivity index (χ4v) is 1.57. The van der Waals surface area contributed by atoms with Gasteiger partial charge in [0.1, 0.15) is 0 Å². The van der Waals surface area contributed by atoms with Crippen LogP contribution in [0.25, 0.3) is 0 Å². The highest BCUT2D eigenvalue weighted by Gasteiger charge is 2.22. The Morgan fingerprint density at radius 1 is 1.42 bits per heavy atom. The van der Waals surface area contributed by atoms with Gasteiger partial charge in [0.25, 0.3) is 0 Å². The van der Waals surface area contributed by atoms with Crippen molar-refractivity contribution in [1.82, 2.24) is 4.90 Å². The first kappa shape index (κ1) is 12.3. The minimum absolute atomic E-state index is 0.186. The number of alkyl halides is 1. The van der Waals surface area contributed by atoms with Gasteiger partial charge < -0.3 is 4.90 Å². The zero-order valence-electron chi connectivity index (χ0n) is 7.13. The van der Waals surface area contributed by atoms with Gasteiger partial charge in [-0.3, -0.25) is 0 Å². The third-order valence-corrected chi connectivity index (χ3v) is 3.99. The van der Waals surface area contributed by atoms with Crippen LogP contribution in [0.2, 0.25) is 0 Å². The second kappa shape index (κ2) is 5.14. The lowest BCUT2D eigenvalue weighted by atomic mass is 10.5. The van der Waals surface area contributed by atoms with Crippen molar-refractivity contribution in [3.05, 3.63) is 0 Å². The standard InChI is InChI=1S/C6H13BrFNO2S/c1-3-9(4-2)5-6(7)12(8,10)11/h6H,3-5H2,1-2H3. The van der Waals surface area contributed by atoms with Crippen molar-refractivity contribution in [3.63, 3.8) is 0 Å². The Kier molecular flexibility index (Phi) is 5.27. The molecule has 0 heterocycles. The van der Waals surface area contributed by atoms with E-state index in [9.17, 15) is 12.3 Å². The fourth-order valence-electron chi connectivity index (χ4n) is 0.774. The molecule has 0 aromatic carbocycles. The summed E-state index contributed by atoms with van der Waals surface area (Å²) in [5.74, 6) is 0. The van der Waals surface area contributed by atoms with E-state index >= 15 is 0 Å². The molecule has 1 atom stereocenters. The van der Waals surface area contributed by atoms with Crippen molar-refractivity contribution >= 4 is 26.2 Å². The van der Waals surface area contributed by atoms with Gasteiger partial charge in [0, 0.05) is 6.54 Å². The van der Waals surface area contributed by atoms with Crippen molar-refractivity contribution in [2.75, 3.05) is 19.6 Å². The first-order valence-electron chi connectivity index (χ1n) is 3.71. The Balaban J connectivity index is 4.08. The molecule has 0 aromatic heterocycles. The molecule has 6 heteroatoms. The smallest absolute Gasteiger partial charge is 0.302 e. The zero-order valence-corrected chi connectivity index (χ0v) is 9.53. The highest BCUT2D eigenvalue weighted by molar-refractivity contribution is 9.11. The summed E-state index contributed by atoms with van der Waals surface area (Å²) in [6, 6.07) is 0. The molecule has 0 aromatic rings. The van der Waals surface area contributed by atoms with Gasteiger partial charge in [0.2, 0.25) is 0 Å². The molecule has 0 aliphatic rings. The van der Waals surface area contributed by atoms with E-state index in [-0.39, 0.29) is 6.54 Å². The predicted molar refractivity (Wildman–Crippen MR) is 50.5 cm³/mol. The van der Waals surface area contributed by atoms with Gasteiger partial charge in [-0.25, -0.2) is 0 Å². The van der Waals surface area contributed by atoms with Crippen LogP contribution in [0.15, 0.2) is 0 Å². The molecule has 12 heavy (non-hydrogen) atoms. The molecular formula is C6H13BrFNO2S. The Labute approximate surface area is 81.3 Å². The van der Waals surface area contributed by atoms with Crippen molar-refractivity contribution in [2.45, 2.75) is 18.0 Å².